The van der Waals surface area contributed by atoms with E-state index in [2.05, 4.69) is 0 Å². The monoisotopic (exact) mass is 436 g/mol. The van der Waals surface area contributed by atoms with Crippen LogP contribution in [0.3, 0.4) is 0 Å². The minimum Gasteiger partial charge on any atom is -0.493 e. The van der Waals surface area contributed by atoms with Crippen LogP contribution >= 0.6 is 0 Å². The fraction of sp³-hybridized carbons (Fsp3) is 0.346. The van der Waals surface area contributed by atoms with Crippen LogP contribution in [-0.4, -0.2) is 31.4 Å². The van der Waals surface area contributed by atoms with Crippen LogP contribution < -0.4 is 9.47 Å². The van der Waals surface area contributed by atoms with Gasteiger partial charge in [-0.1, -0.05) is 30.3 Å². The standard InChI is InChI=1S/C26H28O6/c1-3-31-26(29)22-15-12-19(22)11-14-21(27)13-9-18-10-16-23(24(17-18)30-2)32-25(28)20-7-5-4-6-8-20/h4-8,10-11,14,16-17,19,22H,3,9,12-13,15H2,1-2H3/b14-11+. The fourth-order valence-corrected chi connectivity index (χ4v) is 3.56. The molecule has 3 rings (SSSR count). The van der Waals surface area contributed by atoms with E-state index in [1.165, 1.54) is 7.11 Å². The van der Waals surface area contributed by atoms with Crippen molar-refractivity contribution >= 4 is 17.7 Å². The molecule has 1 aliphatic carbocycles. The zero-order valence-electron chi connectivity index (χ0n) is 18.4. The molecule has 2 aromatic rings. The van der Waals surface area contributed by atoms with Crippen LogP contribution in [0.2, 0.25) is 0 Å². The van der Waals surface area contributed by atoms with E-state index < -0.39 is 5.97 Å². The lowest BCUT2D eigenvalue weighted by Gasteiger charge is -2.32. The summed E-state index contributed by atoms with van der Waals surface area (Å²) < 4.78 is 15.9. The molecule has 1 fully saturated rings. The molecular formula is C26H28O6. The van der Waals surface area contributed by atoms with Crippen LogP contribution in [0, 0.1) is 11.8 Å². The van der Waals surface area contributed by atoms with Gasteiger partial charge in [0.2, 0.25) is 0 Å². The molecule has 1 aliphatic rings. The van der Waals surface area contributed by atoms with Crippen LogP contribution in [0.4, 0.5) is 0 Å². The molecule has 0 radical (unpaired) electrons. The van der Waals surface area contributed by atoms with E-state index in [1.807, 2.05) is 18.2 Å². The number of benzene rings is 2. The van der Waals surface area contributed by atoms with Gasteiger partial charge in [0.15, 0.2) is 17.3 Å². The summed E-state index contributed by atoms with van der Waals surface area (Å²) in [4.78, 5) is 36.4. The number of hydrogen-bond acceptors (Lipinski definition) is 6. The van der Waals surface area contributed by atoms with E-state index in [-0.39, 0.29) is 23.6 Å². The van der Waals surface area contributed by atoms with Crippen molar-refractivity contribution in [2.24, 2.45) is 11.8 Å². The van der Waals surface area contributed by atoms with E-state index >= 15 is 0 Å². The van der Waals surface area contributed by atoms with Crippen molar-refractivity contribution in [3.05, 3.63) is 71.8 Å². The Labute approximate surface area is 188 Å². The molecule has 0 aliphatic heterocycles. The number of ether oxygens (including phenoxy) is 3. The Hall–Kier alpha value is -3.41. The molecule has 1 saturated carbocycles. The molecule has 0 bridgehead atoms. The molecule has 6 nitrogen and oxygen atoms in total. The van der Waals surface area contributed by atoms with E-state index in [4.69, 9.17) is 14.2 Å². The first-order valence-electron chi connectivity index (χ1n) is 10.8. The van der Waals surface area contributed by atoms with Gasteiger partial charge in [0.1, 0.15) is 0 Å². The third-order valence-electron chi connectivity index (χ3n) is 5.55. The van der Waals surface area contributed by atoms with Crippen molar-refractivity contribution in [3.63, 3.8) is 0 Å². The summed E-state index contributed by atoms with van der Waals surface area (Å²) in [6, 6.07) is 14.0. The average Bonchev–Trinajstić information content (AvgIpc) is 2.78. The van der Waals surface area contributed by atoms with Gasteiger partial charge in [0.25, 0.3) is 0 Å². The van der Waals surface area contributed by atoms with Gasteiger partial charge in [-0.2, -0.15) is 0 Å². The van der Waals surface area contributed by atoms with Crippen molar-refractivity contribution in [1.82, 2.24) is 0 Å². The van der Waals surface area contributed by atoms with Gasteiger partial charge in [-0.25, -0.2) is 4.79 Å². The van der Waals surface area contributed by atoms with Crippen LogP contribution in [-0.2, 0) is 20.7 Å². The SMILES string of the molecule is CCOC(=O)C1CCC1/C=C/C(=O)CCc1ccc(OC(=O)c2ccccc2)c(OC)c1. The summed E-state index contributed by atoms with van der Waals surface area (Å²) in [7, 11) is 1.51. The molecule has 32 heavy (non-hydrogen) atoms. The van der Waals surface area contributed by atoms with Crippen molar-refractivity contribution in [2.45, 2.75) is 32.6 Å². The number of aryl methyl sites for hydroxylation is 1. The molecular weight excluding hydrogens is 408 g/mol. The zero-order chi connectivity index (χ0) is 22.9. The minimum atomic E-state index is -0.464. The first kappa shape index (κ1) is 23.3. The molecule has 0 N–H and O–H groups in total. The summed E-state index contributed by atoms with van der Waals surface area (Å²) in [5.74, 6) is 0.0621. The van der Waals surface area contributed by atoms with Crippen molar-refractivity contribution in [3.8, 4) is 11.5 Å². The van der Waals surface area contributed by atoms with Crippen LogP contribution in [0.25, 0.3) is 0 Å². The van der Waals surface area contributed by atoms with Crippen molar-refractivity contribution in [2.75, 3.05) is 13.7 Å². The number of carbonyl (C=O) groups is 3. The van der Waals surface area contributed by atoms with Gasteiger partial charge >= 0.3 is 11.9 Å². The van der Waals surface area contributed by atoms with Gasteiger partial charge in [-0.15, -0.1) is 0 Å². The zero-order valence-corrected chi connectivity index (χ0v) is 18.4. The maximum atomic E-state index is 12.3. The van der Waals surface area contributed by atoms with Gasteiger partial charge < -0.3 is 14.2 Å². The molecule has 0 heterocycles. The molecule has 0 saturated heterocycles. The predicted octanol–water partition coefficient (Wildman–Crippen LogP) is 4.56. The normalized spacial score (nSPS) is 17.4. The molecule has 2 atom stereocenters. The lowest BCUT2D eigenvalue weighted by Crippen LogP contribution is -2.33. The second kappa shape index (κ2) is 11.3. The maximum absolute atomic E-state index is 12.3. The van der Waals surface area contributed by atoms with Crippen LogP contribution in [0.15, 0.2) is 60.7 Å². The molecule has 6 heteroatoms. The molecule has 2 aromatic carbocycles. The summed E-state index contributed by atoms with van der Waals surface area (Å²) >= 11 is 0. The fourth-order valence-electron chi connectivity index (χ4n) is 3.56. The van der Waals surface area contributed by atoms with Gasteiger partial charge in [0, 0.05) is 6.42 Å². The largest absolute Gasteiger partial charge is 0.493 e. The smallest absolute Gasteiger partial charge is 0.343 e. The number of methoxy groups -OCH3 is 1. The number of ketones is 1. The first-order chi connectivity index (χ1) is 15.5. The van der Waals surface area contributed by atoms with Crippen molar-refractivity contribution < 1.29 is 28.6 Å². The topological polar surface area (TPSA) is 78.9 Å². The van der Waals surface area contributed by atoms with Gasteiger partial charge in [0.05, 0.1) is 25.2 Å². The Morgan fingerprint density at radius 2 is 1.81 bits per heavy atom. The summed E-state index contributed by atoms with van der Waals surface area (Å²) in [5.41, 5.74) is 1.35. The molecule has 0 amide bonds. The molecule has 0 aromatic heterocycles. The molecule has 2 unspecified atom stereocenters. The number of esters is 2. The van der Waals surface area contributed by atoms with E-state index in [0.717, 1.165) is 18.4 Å². The first-order valence-corrected chi connectivity index (χ1v) is 10.8. The highest BCUT2D eigenvalue weighted by Gasteiger charge is 2.35. The second-order valence-corrected chi connectivity index (χ2v) is 7.67. The third-order valence-corrected chi connectivity index (χ3v) is 5.55. The Balaban J connectivity index is 1.53. The highest BCUT2D eigenvalue weighted by atomic mass is 16.6. The predicted molar refractivity (Wildman–Crippen MR) is 120 cm³/mol. The van der Waals surface area contributed by atoms with Gasteiger partial charge in [-0.3, -0.25) is 9.59 Å². The summed E-state index contributed by atoms with van der Waals surface area (Å²) in [6.45, 7) is 2.16. The summed E-state index contributed by atoms with van der Waals surface area (Å²) in [6.07, 6.45) is 5.97. The highest BCUT2D eigenvalue weighted by Crippen LogP contribution is 2.36. The lowest BCUT2D eigenvalue weighted by molar-refractivity contribution is -0.152. The molecule has 0 spiro atoms. The van der Waals surface area contributed by atoms with E-state index in [0.29, 0.717) is 36.5 Å². The second-order valence-electron chi connectivity index (χ2n) is 7.67. The number of rotatable bonds is 10. The quantitative estimate of drug-likeness (QED) is 0.309. The number of hydrogen-bond donors (Lipinski definition) is 0. The number of allylic oxidation sites excluding steroid dienone is 2. The number of carbonyl (C=O) groups excluding carboxylic acids is 3. The summed E-state index contributed by atoms with van der Waals surface area (Å²) in [5, 5.41) is 0. The third kappa shape index (κ3) is 6.06. The van der Waals surface area contributed by atoms with Gasteiger partial charge in [-0.05, 0) is 68.0 Å². The van der Waals surface area contributed by atoms with Crippen molar-refractivity contribution in [1.29, 1.82) is 0 Å². The van der Waals surface area contributed by atoms with E-state index in [1.54, 1.807) is 49.4 Å². The average molecular weight is 437 g/mol. The highest BCUT2D eigenvalue weighted by molar-refractivity contribution is 5.91. The van der Waals surface area contributed by atoms with Crippen LogP contribution in [0.5, 0.6) is 11.5 Å². The maximum Gasteiger partial charge on any atom is 0.343 e. The molecule has 168 valence electrons. The van der Waals surface area contributed by atoms with E-state index in [9.17, 15) is 14.4 Å². The minimum absolute atomic E-state index is 0.00180. The Morgan fingerprint density at radius 3 is 2.47 bits per heavy atom. The Bertz CT molecular complexity index is 979. The van der Waals surface area contributed by atoms with Crippen LogP contribution in [0.1, 0.15) is 42.1 Å². The Morgan fingerprint density at radius 1 is 1.03 bits per heavy atom. The Kier molecular flexibility index (Phi) is 8.20. The lowest BCUT2D eigenvalue weighted by atomic mass is 9.73.